The fraction of sp³-hybridized carbons (Fsp3) is 0.556. The van der Waals surface area contributed by atoms with Crippen LogP contribution in [0.15, 0.2) is 40.8 Å². The van der Waals surface area contributed by atoms with Gasteiger partial charge in [-0.3, -0.25) is 0 Å². The van der Waals surface area contributed by atoms with E-state index < -0.39 is 0 Å². The van der Waals surface area contributed by atoms with Crippen LogP contribution in [0.5, 0.6) is 0 Å². The minimum Gasteiger partial charge on any atom is -0.148 e. The summed E-state index contributed by atoms with van der Waals surface area (Å²) < 4.78 is 0. The van der Waals surface area contributed by atoms with Crippen molar-refractivity contribution in [3.8, 4) is 0 Å². The molecule has 0 nitrogen and oxygen atoms in total. The maximum atomic E-state index is 2.40. The van der Waals surface area contributed by atoms with Gasteiger partial charge >= 0.3 is 0 Å². The predicted octanol–water partition coefficient (Wildman–Crippen LogP) is 6.11. The molecule has 1 aromatic rings. The molecule has 0 atom stereocenters. The van der Waals surface area contributed by atoms with Gasteiger partial charge in [0.1, 0.15) is 0 Å². The number of allylic oxidation sites excluding steroid dienone is 4. The third-order valence-corrected chi connectivity index (χ3v) is 5.57. The molecular formula is C18H26S. The van der Waals surface area contributed by atoms with Crippen molar-refractivity contribution in [1.82, 2.24) is 0 Å². The van der Waals surface area contributed by atoms with Crippen LogP contribution < -0.4 is 0 Å². The molecule has 19 heavy (non-hydrogen) atoms. The second-order valence-corrected chi connectivity index (χ2v) is 7.91. The molecule has 0 fully saturated rings. The first kappa shape index (κ1) is 14.6. The Kier molecular flexibility index (Phi) is 4.06. The largest absolute Gasteiger partial charge is 0.148 e. The van der Waals surface area contributed by atoms with E-state index in [9.17, 15) is 0 Å². The summed E-state index contributed by atoms with van der Waals surface area (Å²) in [6.07, 6.45) is 8.70. The Balaban J connectivity index is 2.27. The second kappa shape index (κ2) is 5.28. The van der Waals surface area contributed by atoms with Crippen LogP contribution in [0.1, 0.15) is 58.8 Å². The molecule has 0 spiro atoms. The van der Waals surface area contributed by atoms with E-state index in [4.69, 9.17) is 0 Å². The number of thiophene rings is 1. The summed E-state index contributed by atoms with van der Waals surface area (Å²) in [5.74, 6) is 0. The minimum atomic E-state index is 0.134. The third kappa shape index (κ3) is 3.20. The molecule has 0 aromatic carbocycles. The highest BCUT2D eigenvalue weighted by Crippen LogP contribution is 2.41. The Bertz CT molecular complexity index is 484. The summed E-state index contributed by atoms with van der Waals surface area (Å²) in [5, 5.41) is 2.17. The fourth-order valence-electron chi connectivity index (χ4n) is 3.03. The van der Waals surface area contributed by atoms with E-state index in [1.54, 1.807) is 11.1 Å². The Morgan fingerprint density at radius 3 is 2.63 bits per heavy atom. The van der Waals surface area contributed by atoms with Gasteiger partial charge in [0.15, 0.2) is 0 Å². The van der Waals surface area contributed by atoms with Crippen molar-refractivity contribution in [2.75, 3.05) is 0 Å². The quantitative estimate of drug-likeness (QED) is 0.624. The van der Waals surface area contributed by atoms with Gasteiger partial charge in [0.25, 0.3) is 0 Å². The molecule has 1 aromatic heterocycles. The van der Waals surface area contributed by atoms with Crippen LogP contribution >= 0.6 is 11.3 Å². The lowest BCUT2D eigenvalue weighted by atomic mass is 9.72. The second-order valence-electron chi connectivity index (χ2n) is 6.96. The zero-order chi connectivity index (χ0) is 14.1. The molecule has 0 aliphatic heterocycles. The Morgan fingerprint density at radius 1 is 1.32 bits per heavy atom. The first-order valence-corrected chi connectivity index (χ1v) is 8.14. The van der Waals surface area contributed by atoms with Gasteiger partial charge in [0, 0.05) is 10.3 Å². The van der Waals surface area contributed by atoms with Crippen LogP contribution in [0.25, 0.3) is 0 Å². The summed E-state index contributed by atoms with van der Waals surface area (Å²) in [4.78, 5) is 1.44. The van der Waals surface area contributed by atoms with Crippen LogP contribution in [0.2, 0.25) is 0 Å². The first-order chi connectivity index (χ1) is 8.83. The van der Waals surface area contributed by atoms with Gasteiger partial charge in [0.05, 0.1) is 0 Å². The number of hydrogen-bond acceptors (Lipinski definition) is 1. The molecule has 0 N–H and O–H groups in total. The van der Waals surface area contributed by atoms with E-state index in [0.717, 1.165) is 0 Å². The highest BCUT2D eigenvalue weighted by Gasteiger charge is 2.27. The van der Waals surface area contributed by atoms with E-state index in [0.29, 0.717) is 5.41 Å². The summed E-state index contributed by atoms with van der Waals surface area (Å²) in [6.45, 7) is 11.7. The third-order valence-electron chi connectivity index (χ3n) is 4.37. The molecule has 2 rings (SSSR count). The standard InChI is InChI=1S/C18H26S/c1-14-8-6-11-17(2,3)15(14)10-12-18(4,5)16-9-7-13-19-16/h7,9-10,12-13H,6,8,11H2,1-5H3/b12-10+. The van der Waals surface area contributed by atoms with E-state index >= 15 is 0 Å². The lowest BCUT2D eigenvalue weighted by Crippen LogP contribution is -2.20. The molecule has 104 valence electrons. The van der Waals surface area contributed by atoms with Crippen LogP contribution in [-0.4, -0.2) is 0 Å². The highest BCUT2D eigenvalue weighted by molar-refractivity contribution is 7.10. The Labute approximate surface area is 122 Å². The van der Waals surface area contributed by atoms with Gasteiger partial charge in [0.2, 0.25) is 0 Å². The zero-order valence-electron chi connectivity index (χ0n) is 12.9. The van der Waals surface area contributed by atoms with Gasteiger partial charge in [-0.25, -0.2) is 0 Å². The normalized spacial score (nSPS) is 20.3. The van der Waals surface area contributed by atoms with Crippen molar-refractivity contribution < 1.29 is 0 Å². The zero-order valence-corrected chi connectivity index (χ0v) is 13.7. The Morgan fingerprint density at radius 2 is 2.05 bits per heavy atom. The number of hydrogen-bond donors (Lipinski definition) is 0. The van der Waals surface area contributed by atoms with Crippen LogP contribution in [0.4, 0.5) is 0 Å². The van der Waals surface area contributed by atoms with Gasteiger partial charge in [-0.2, -0.15) is 0 Å². The van der Waals surface area contributed by atoms with Crippen molar-refractivity contribution in [2.45, 2.75) is 59.3 Å². The lowest BCUT2D eigenvalue weighted by molar-refractivity contribution is 0.376. The SMILES string of the molecule is CC1=C(/C=C/C(C)(C)c2cccs2)C(C)(C)CCC1. The average Bonchev–Trinajstić information content (AvgIpc) is 2.81. The number of rotatable bonds is 3. The molecule has 1 aliphatic rings. The van der Waals surface area contributed by atoms with Gasteiger partial charge in [-0.1, -0.05) is 51.5 Å². The molecular weight excluding hydrogens is 248 g/mol. The summed E-state index contributed by atoms with van der Waals surface area (Å²) in [5.41, 5.74) is 3.61. The first-order valence-electron chi connectivity index (χ1n) is 7.26. The predicted molar refractivity (Wildman–Crippen MR) is 86.8 cm³/mol. The molecule has 0 unspecified atom stereocenters. The summed E-state index contributed by atoms with van der Waals surface area (Å²) in [6, 6.07) is 4.38. The van der Waals surface area contributed by atoms with Gasteiger partial charge in [-0.15, -0.1) is 11.3 Å². The molecule has 0 amide bonds. The van der Waals surface area contributed by atoms with Crippen molar-refractivity contribution in [2.24, 2.45) is 5.41 Å². The van der Waals surface area contributed by atoms with E-state index in [1.807, 2.05) is 11.3 Å². The topological polar surface area (TPSA) is 0 Å². The van der Waals surface area contributed by atoms with Crippen molar-refractivity contribution in [3.63, 3.8) is 0 Å². The molecule has 1 heteroatoms. The van der Waals surface area contributed by atoms with E-state index in [2.05, 4.69) is 64.3 Å². The van der Waals surface area contributed by atoms with Crippen molar-refractivity contribution in [1.29, 1.82) is 0 Å². The van der Waals surface area contributed by atoms with E-state index in [1.165, 1.54) is 24.1 Å². The van der Waals surface area contributed by atoms with Crippen molar-refractivity contribution >= 4 is 11.3 Å². The highest BCUT2D eigenvalue weighted by atomic mass is 32.1. The maximum Gasteiger partial charge on any atom is 0.0172 e. The monoisotopic (exact) mass is 274 g/mol. The van der Waals surface area contributed by atoms with Gasteiger partial charge < -0.3 is 0 Å². The smallest absolute Gasteiger partial charge is 0.0172 e. The molecule has 0 saturated heterocycles. The lowest BCUT2D eigenvalue weighted by Gasteiger charge is -2.33. The Hall–Kier alpha value is -0.820. The molecule has 1 aliphatic carbocycles. The summed E-state index contributed by atoms with van der Waals surface area (Å²) >= 11 is 1.85. The summed E-state index contributed by atoms with van der Waals surface area (Å²) in [7, 11) is 0. The minimum absolute atomic E-state index is 0.134. The maximum absolute atomic E-state index is 2.40. The molecule has 0 saturated carbocycles. The fourth-order valence-corrected chi connectivity index (χ4v) is 3.86. The molecule has 0 radical (unpaired) electrons. The average molecular weight is 274 g/mol. The van der Waals surface area contributed by atoms with Crippen LogP contribution in [0, 0.1) is 5.41 Å². The van der Waals surface area contributed by atoms with E-state index in [-0.39, 0.29) is 5.41 Å². The molecule has 1 heterocycles. The van der Waals surface area contributed by atoms with Crippen LogP contribution in [0.3, 0.4) is 0 Å². The van der Waals surface area contributed by atoms with Gasteiger partial charge in [-0.05, 0) is 48.6 Å². The van der Waals surface area contributed by atoms with Crippen LogP contribution in [-0.2, 0) is 5.41 Å². The van der Waals surface area contributed by atoms with Crippen molar-refractivity contribution in [3.05, 3.63) is 45.7 Å². The molecule has 0 bridgehead atoms.